The van der Waals surface area contributed by atoms with Gasteiger partial charge in [0.2, 0.25) is 0 Å². The van der Waals surface area contributed by atoms with E-state index in [1.807, 2.05) is 12.1 Å². The molecule has 0 unspecified atom stereocenters. The van der Waals surface area contributed by atoms with Gasteiger partial charge in [-0.25, -0.2) is 0 Å². The molecular formula is C18H19NO4. The summed E-state index contributed by atoms with van der Waals surface area (Å²) in [6.45, 7) is 4.27. The van der Waals surface area contributed by atoms with E-state index >= 15 is 0 Å². The van der Waals surface area contributed by atoms with Crippen LogP contribution in [0, 0.1) is 10.1 Å². The largest absolute Gasteiger partial charge is 0.427 e. The van der Waals surface area contributed by atoms with Crippen molar-refractivity contribution >= 4 is 11.7 Å². The van der Waals surface area contributed by atoms with Crippen molar-refractivity contribution in [1.82, 2.24) is 0 Å². The Hall–Kier alpha value is -2.69. The molecule has 0 aliphatic rings. The van der Waals surface area contributed by atoms with Crippen molar-refractivity contribution in [1.29, 1.82) is 0 Å². The van der Waals surface area contributed by atoms with E-state index in [1.165, 1.54) is 29.8 Å². The molecule has 0 atom stereocenters. The molecule has 0 aromatic heterocycles. The van der Waals surface area contributed by atoms with Gasteiger partial charge in [-0.3, -0.25) is 14.9 Å². The quantitative estimate of drug-likeness (QED) is 0.346. The molecule has 2 aromatic rings. The molecule has 0 saturated carbocycles. The second-order valence-electron chi connectivity index (χ2n) is 5.62. The van der Waals surface area contributed by atoms with Crippen LogP contribution >= 0.6 is 0 Å². The average molecular weight is 313 g/mol. The summed E-state index contributed by atoms with van der Waals surface area (Å²) >= 11 is 0. The third kappa shape index (κ3) is 4.92. The van der Waals surface area contributed by atoms with Crippen LogP contribution in [0.3, 0.4) is 0 Å². The molecule has 0 aliphatic carbocycles. The van der Waals surface area contributed by atoms with Gasteiger partial charge >= 0.3 is 5.97 Å². The zero-order chi connectivity index (χ0) is 16.8. The first-order valence-corrected chi connectivity index (χ1v) is 7.49. The Morgan fingerprint density at radius 2 is 1.70 bits per heavy atom. The van der Waals surface area contributed by atoms with Crippen molar-refractivity contribution in [3.63, 3.8) is 0 Å². The number of esters is 1. The first kappa shape index (κ1) is 16.7. The SMILES string of the molecule is CC(C)c1ccc(CCC(=O)Oc2ccc([N+](=O)[O-])cc2)cc1. The maximum Gasteiger partial charge on any atom is 0.311 e. The Bertz CT molecular complexity index is 675. The van der Waals surface area contributed by atoms with Gasteiger partial charge in [-0.15, -0.1) is 0 Å². The van der Waals surface area contributed by atoms with Crippen molar-refractivity contribution in [3.8, 4) is 5.75 Å². The number of nitrogens with zero attached hydrogens (tertiary/aromatic N) is 1. The summed E-state index contributed by atoms with van der Waals surface area (Å²) in [4.78, 5) is 21.9. The molecule has 5 nitrogen and oxygen atoms in total. The number of rotatable bonds is 6. The third-order valence-electron chi connectivity index (χ3n) is 3.54. The van der Waals surface area contributed by atoms with Gasteiger partial charge in [0.05, 0.1) is 4.92 Å². The molecule has 0 spiro atoms. The number of nitro benzene ring substituents is 1. The van der Waals surface area contributed by atoms with Crippen molar-refractivity contribution < 1.29 is 14.5 Å². The minimum atomic E-state index is -0.494. The van der Waals surface area contributed by atoms with Gasteiger partial charge in [0.25, 0.3) is 5.69 Å². The van der Waals surface area contributed by atoms with Crippen molar-refractivity contribution in [2.24, 2.45) is 0 Å². The molecule has 23 heavy (non-hydrogen) atoms. The fraction of sp³-hybridized carbons (Fsp3) is 0.278. The molecule has 0 fully saturated rings. The lowest BCUT2D eigenvalue weighted by Crippen LogP contribution is -2.09. The molecule has 0 bridgehead atoms. The van der Waals surface area contributed by atoms with Gasteiger partial charge in [0.15, 0.2) is 0 Å². The highest BCUT2D eigenvalue weighted by molar-refractivity contribution is 5.72. The fourth-order valence-electron chi connectivity index (χ4n) is 2.13. The van der Waals surface area contributed by atoms with Crippen molar-refractivity contribution in [2.45, 2.75) is 32.6 Å². The minimum Gasteiger partial charge on any atom is -0.427 e. The lowest BCUT2D eigenvalue weighted by molar-refractivity contribution is -0.384. The van der Waals surface area contributed by atoms with Crippen LogP contribution in [-0.4, -0.2) is 10.9 Å². The lowest BCUT2D eigenvalue weighted by Gasteiger charge is -2.07. The molecule has 0 N–H and O–H groups in total. The van der Waals surface area contributed by atoms with Crippen LogP contribution in [0.5, 0.6) is 5.75 Å². The number of ether oxygens (including phenoxy) is 1. The van der Waals surface area contributed by atoms with Gasteiger partial charge < -0.3 is 4.74 Å². The van der Waals surface area contributed by atoms with Gasteiger partial charge in [0.1, 0.15) is 5.75 Å². The normalized spacial score (nSPS) is 10.6. The van der Waals surface area contributed by atoms with Crippen molar-refractivity contribution in [3.05, 3.63) is 69.8 Å². The highest BCUT2D eigenvalue weighted by atomic mass is 16.6. The Morgan fingerprint density at radius 3 is 2.22 bits per heavy atom. The van der Waals surface area contributed by atoms with E-state index in [-0.39, 0.29) is 18.1 Å². The lowest BCUT2D eigenvalue weighted by atomic mass is 10.0. The Labute approximate surface area is 135 Å². The van der Waals surface area contributed by atoms with Crippen LogP contribution in [0.4, 0.5) is 5.69 Å². The van der Waals surface area contributed by atoms with Gasteiger partial charge in [0, 0.05) is 18.6 Å². The summed E-state index contributed by atoms with van der Waals surface area (Å²) < 4.78 is 5.17. The van der Waals surface area contributed by atoms with Crippen LogP contribution in [0.15, 0.2) is 48.5 Å². The summed E-state index contributed by atoms with van der Waals surface area (Å²) in [5, 5.41) is 10.6. The number of hydrogen-bond donors (Lipinski definition) is 0. The van der Waals surface area contributed by atoms with E-state index < -0.39 is 4.92 Å². The summed E-state index contributed by atoms with van der Waals surface area (Å²) in [5.74, 6) is 0.443. The summed E-state index contributed by atoms with van der Waals surface area (Å²) in [6, 6.07) is 13.7. The maximum absolute atomic E-state index is 11.8. The molecule has 0 heterocycles. The molecule has 2 rings (SSSR count). The van der Waals surface area contributed by atoms with E-state index in [1.54, 1.807) is 0 Å². The number of hydrogen-bond acceptors (Lipinski definition) is 4. The molecule has 2 aromatic carbocycles. The molecule has 5 heteroatoms. The van der Waals surface area contributed by atoms with Gasteiger partial charge in [-0.1, -0.05) is 38.1 Å². The molecule has 0 amide bonds. The van der Waals surface area contributed by atoms with Gasteiger partial charge in [-0.2, -0.15) is 0 Å². The number of nitro groups is 1. The molecule has 0 saturated heterocycles. The smallest absolute Gasteiger partial charge is 0.311 e. The van der Waals surface area contributed by atoms with E-state index in [9.17, 15) is 14.9 Å². The summed E-state index contributed by atoms with van der Waals surface area (Å²) in [7, 11) is 0. The van der Waals surface area contributed by atoms with Crippen LogP contribution in [0.2, 0.25) is 0 Å². The van der Waals surface area contributed by atoms with Crippen LogP contribution in [-0.2, 0) is 11.2 Å². The zero-order valence-corrected chi connectivity index (χ0v) is 13.2. The minimum absolute atomic E-state index is 0.0324. The number of non-ortho nitro benzene ring substituents is 1. The van der Waals surface area contributed by atoms with Crippen LogP contribution in [0.1, 0.15) is 37.3 Å². The predicted octanol–water partition coefficient (Wildman–Crippen LogP) is 4.26. The Kier molecular flexibility index (Phi) is 5.46. The first-order valence-electron chi connectivity index (χ1n) is 7.49. The second-order valence-corrected chi connectivity index (χ2v) is 5.62. The Morgan fingerprint density at radius 1 is 1.09 bits per heavy atom. The predicted molar refractivity (Wildman–Crippen MR) is 87.6 cm³/mol. The number of aryl methyl sites for hydroxylation is 1. The topological polar surface area (TPSA) is 69.4 Å². The maximum atomic E-state index is 11.8. The van der Waals surface area contributed by atoms with E-state index in [0.29, 0.717) is 18.1 Å². The monoisotopic (exact) mass is 313 g/mol. The first-order chi connectivity index (χ1) is 11.0. The number of carbonyl (C=O) groups excluding carboxylic acids is 1. The van der Waals surface area contributed by atoms with E-state index in [2.05, 4.69) is 26.0 Å². The summed E-state index contributed by atoms with van der Waals surface area (Å²) in [6.07, 6.45) is 0.863. The molecular weight excluding hydrogens is 294 g/mol. The molecule has 0 aliphatic heterocycles. The second kappa shape index (κ2) is 7.54. The number of carbonyl (C=O) groups is 1. The Balaban J connectivity index is 1.86. The third-order valence-corrected chi connectivity index (χ3v) is 3.54. The van der Waals surface area contributed by atoms with Crippen LogP contribution < -0.4 is 4.74 Å². The van der Waals surface area contributed by atoms with Gasteiger partial charge in [-0.05, 0) is 35.6 Å². The average Bonchev–Trinajstić information content (AvgIpc) is 2.54. The van der Waals surface area contributed by atoms with E-state index in [4.69, 9.17) is 4.74 Å². The number of benzene rings is 2. The van der Waals surface area contributed by atoms with Crippen LogP contribution in [0.25, 0.3) is 0 Å². The highest BCUT2D eigenvalue weighted by Gasteiger charge is 2.09. The van der Waals surface area contributed by atoms with E-state index in [0.717, 1.165) is 5.56 Å². The highest BCUT2D eigenvalue weighted by Crippen LogP contribution is 2.18. The summed E-state index contributed by atoms with van der Waals surface area (Å²) in [5.41, 5.74) is 2.31. The molecule has 0 radical (unpaired) electrons. The van der Waals surface area contributed by atoms with Crippen molar-refractivity contribution in [2.75, 3.05) is 0 Å². The standard InChI is InChI=1S/C18H19NO4/c1-13(2)15-6-3-14(4-7-15)5-12-18(20)23-17-10-8-16(9-11-17)19(21)22/h3-4,6-11,13H,5,12H2,1-2H3. The molecule has 120 valence electrons. The fourth-order valence-corrected chi connectivity index (χ4v) is 2.13. The zero-order valence-electron chi connectivity index (χ0n) is 13.2.